The van der Waals surface area contributed by atoms with Gasteiger partial charge >= 0.3 is 0 Å². The van der Waals surface area contributed by atoms with E-state index in [-0.39, 0.29) is 5.91 Å². The van der Waals surface area contributed by atoms with Crippen molar-refractivity contribution in [3.05, 3.63) is 44.6 Å². The van der Waals surface area contributed by atoms with Crippen LogP contribution in [0.2, 0.25) is 5.02 Å². The van der Waals surface area contributed by atoms with Crippen LogP contribution < -0.4 is 5.32 Å². The third kappa shape index (κ3) is 4.93. The predicted molar refractivity (Wildman–Crippen MR) is 99.4 cm³/mol. The number of thioether (sulfide) groups is 1. The number of hydrogen-bond acceptors (Lipinski definition) is 4. The molecule has 0 saturated carbocycles. The van der Waals surface area contributed by atoms with E-state index in [1.807, 2.05) is 26.2 Å². The van der Waals surface area contributed by atoms with Gasteiger partial charge in [0.15, 0.2) is 5.16 Å². The molecule has 1 aromatic carbocycles. The number of amides is 1. The topological polar surface area (TPSA) is 54.9 Å². The molecule has 0 radical (unpaired) electrons. The summed E-state index contributed by atoms with van der Waals surface area (Å²) in [6.07, 6.45) is 2.91. The van der Waals surface area contributed by atoms with Gasteiger partial charge in [-0.05, 0) is 50.3 Å². The number of carbonyl (C=O) groups is 1. The SMILES string of the molecule is CSc1nc(C)c(CCC(=O)Nc2ccc(Br)cc2Cl)c(C)n1. The molecule has 0 unspecified atom stereocenters. The number of halogens is 2. The van der Waals surface area contributed by atoms with E-state index in [4.69, 9.17) is 11.6 Å². The Morgan fingerprint density at radius 3 is 2.52 bits per heavy atom. The van der Waals surface area contributed by atoms with Gasteiger partial charge in [0.05, 0.1) is 10.7 Å². The second-order valence-electron chi connectivity index (χ2n) is 5.03. The zero-order valence-electron chi connectivity index (χ0n) is 13.1. The molecule has 0 saturated heterocycles. The lowest BCUT2D eigenvalue weighted by atomic mass is 10.1. The Bertz CT molecular complexity index is 716. The lowest BCUT2D eigenvalue weighted by Crippen LogP contribution is -2.14. The van der Waals surface area contributed by atoms with Gasteiger partial charge in [0.25, 0.3) is 0 Å². The summed E-state index contributed by atoms with van der Waals surface area (Å²) in [4.78, 5) is 21.0. The van der Waals surface area contributed by atoms with Gasteiger partial charge in [0, 0.05) is 22.3 Å². The minimum Gasteiger partial charge on any atom is -0.325 e. The van der Waals surface area contributed by atoms with Gasteiger partial charge in [-0.25, -0.2) is 9.97 Å². The number of nitrogens with one attached hydrogen (secondary N) is 1. The molecular formula is C16H17BrClN3OS. The summed E-state index contributed by atoms with van der Waals surface area (Å²) < 4.78 is 0.873. The molecule has 0 aliphatic rings. The number of aromatic nitrogens is 2. The summed E-state index contributed by atoms with van der Waals surface area (Å²) in [7, 11) is 0. The maximum Gasteiger partial charge on any atom is 0.224 e. The third-order valence-corrected chi connectivity index (χ3v) is 4.74. The molecule has 0 bridgehead atoms. The van der Waals surface area contributed by atoms with Crippen molar-refractivity contribution in [3.63, 3.8) is 0 Å². The van der Waals surface area contributed by atoms with Gasteiger partial charge in [-0.3, -0.25) is 4.79 Å². The van der Waals surface area contributed by atoms with Crippen molar-refractivity contribution in [3.8, 4) is 0 Å². The molecule has 1 heterocycles. The Morgan fingerprint density at radius 1 is 1.30 bits per heavy atom. The minimum absolute atomic E-state index is 0.0815. The number of nitrogens with zero attached hydrogens (tertiary/aromatic N) is 2. The second kappa shape index (κ2) is 8.13. The van der Waals surface area contributed by atoms with E-state index >= 15 is 0 Å². The van der Waals surface area contributed by atoms with Crippen molar-refractivity contribution in [2.75, 3.05) is 11.6 Å². The van der Waals surface area contributed by atoms with E-state index in [0.717, 1.165) is 26.6 Å². The van der Waals surface area contributed by atoms with Crippen LogP contribution in [0.4, 0.5) is 5.69 Å². The van der Waals surface area contributed by atoms with Crippen LogP contribution in [0, 0.1) is 13.8 Å². The van der Waals surface area contributed by atoms with Crippen LogP contribution in [-0.2, 0) is 11.2 Å². The molecule has 1 N–H and O–H groups in total. The van der Waals surface area contributed by atoms with Gasteiger partial charge in [0.2, 0.25) is 5.91 Å². The lowest BCUT2D eigenvalue weighted by Gasteiger charge is -2.11. The Kier molecular flexibility index (Phi) is 6.44. The molecule has 1 aromatic heterocycles. The molecule has 2 rings (SSSR count). The first-order valence-electron chi connectivity index (χ1n) is 7.03. The highest BCUT2D eigenvalue weighted by Gasteiger charge is 2.11. The molecule has 4 nitrogen and oxygen atoms in total. The highest BCUT2D eigenvalue weighted by molar-refractivity contribution is 9.10. The van der Waals surface area contributed by atoms with E-state index in [0.29, 0.717) is 23.6 Å². The summed E-state index contributed by atoms with van der Waals surface area (Å²) in [6, 6.07) is 5.36. The van der Waals surface area contributed by atoms with Gasteiger partial charge in [-0.1, -0.05) is 39.3 Å². The normalized spacial score (nSPS) is 10.7. The number of aryl methyl sites for hydroxylation is 2. The largest absolute Gasteiger partial charge is 0.325 e. The molecule has 0 atom stereocenters. The van der Waals surface area contributed by atoms with Crippen LogP contribution in [0.25, 0.3) is 0 Å². The first-order valence-corrected chi connectivity index (χ1v) is 9.43. The maximum atomic E-state index is 12.1. The van der Waals surface area contributed by atoms with Crippen LogP contribution in [0.5, 0.6) is 0 Å². The monoisotopic (exact) mass is 413 g/mol. The minimum atomic E-state index is -0.0815. The number of rotatable bonds is 5. The number of anilines is 1. The van der Waals surface area contributed by atoms with E-state index in [9.17, 15) is 4.79 Å². The van der Waals surface area contributed by atoms with Gasteiger partial charge in [-0.2, -0.15) is 0 Å². The molecule has 23 heavy (non-hydrogen) atoms. The Labute approximate surface area is 153 Å². The van der Waals surface area contributed by atoms with E-state index < -0.39 is 0 Å². The highest BCUT2D eigenvalue weighted by Crippen LogP contribution is 2.26. The quantitative estimate of drug-likeness (QED) is 0.564. The second-order valence-corrected chi connectivity index (χ2v) is 7.13. The van der Waals surface area contributed by atoms with Crippen LogP contribution >= 0.6 is 39.3 Å². The van der Waals surface area contributed by atoms with Crippen LogP contribution in [0.3, 0.4) is 0 Å². The van der Waals surface area contributed by atoms with Crippen molar-refractivity contribution in [2.24, 2.45) is 0 Å². The Balaban J connectivity index is 2.02. The number of benzene rings is 1. The van der Waals surface area contributed by atoms with Crippen molar-refractivity contribution in [1.29, 1.82) is 0 Å². The average molecular weight is 415 g/mol. The molecule has 1 amide bonds. The fourth-order valence-electron chi connectivity index (χ4n) is 2.20. The average Bonchev–Trinajstić information content (AvgIpc) is 2.49. The smallest absolute Gasteiger partial charge is 0.224 e. The van der Waals surface area contributed by atoms with Crippen molar-refractivity contribution in [2.45, 2.75) is 31.8 Å². The molecule has 2 aromatic rings. The van der Waals surface area contributed by atoms with Gasteiger partial charge in [-0.15, -0.1) is 0 Å². The number of hydrogen-bond donors (Lipinski definition) is 1. The van der Waals surface area contributed by atoms with Crippen LogP contribution in [0.1, 0.15) is 23.4 Å². The first-order chi connectivity index (χ1) is 10.9. The highest BCUT2D eigenvalue weighted by atomic mass is 79.9. The first kappa shape index (κ1) is 18.2. The lowest BCUT2D eigenvalue weighted by molar-refractivity contribution is -0.116. The zero-order valence-corrected chi connectivity index (χ0v) is 16.3. The molecule has 0 aliphatic heterocycles. The molecule has 0 aliphatic carbocycles. The van der Waals surface area contributed by atoms with Crippen molar-refractivity contribution >= 4 is 50.9 Å². The fourth-order valence-corrected chi connectivity index (χ4v) is 3.38. The molecule has 0 fully saturated rings. The van der Waals surface area contributed by atoms with Gasteiger partial charge in [0.1, 0.15) is 0 Å². The summed E-state index contributed by atoms with van der Waals surface area (Å²) in [5.41, 5.74) is 3.50. The molecule has 122 valence electrons. The van der Waals surface area contributed by atoms with E-state index in [2.05, 4.69) is 31.2 Å². The summed E-state index contributed by atoms with van der Waals surface area (Å²) >= 11 is 11.0. The van der Waals surface area contributed by atoms with E-state index in [1.165, 1.54) is 11.8 Å². The Morgan fingerprint density at radius 2 is 1.96 bits per heavy atom. The summed E-state index contributed by atoms with van der Waals surface area (Å²) in [5, 5.41) is 4.10. The molecular weight excluding hydrogens is 398 g/mol. The molecule has 0 spiro atoms. The van der Waals surface area contributed by atoms with Gasteiger partial charge < -0.3 is 5.32 Å². The summed E-state index contributed by atoms with van der Waals surface area (Å²) in [6.45, 7) is 3.90. The van der Waals surface area contributed by atoms with E-state index in [1.54, 1.807) is 12.1 Å². The zero-order chi connectivity index (χ0) is 17.0. The number of carbonyl (C=O) groups excluding carboxylic acids is 1. The predicted octanol–water partition coefficient (Wildman–Crippen LogP) is 4.80. The van der Waals surface area contributed by atoms with Crippen LogP contribution in [-0.4, -0.2) is 22.1 Å². The standard InChI is InChI=1S/C16H17BrClN3OS/c1-9-12(10(2)20-16(19-9)23-3)5-7-15(22)21-14-6-4-11(17)8-13(14)18/h4,6,8H,5,7H2,1-3H3,(H,21,22). The Hall–Kier alpha value is -1.11. The maximum absolute atomic E-state index is 12.1. The van der Waals surface area contributed by atoms with Crippen molar-refractivity contribution in [1.82, 2.24) is 9.97 Å². The van der Waals surface area contributed by atoms with Crippen molar-refractivity contribution < 1.29 is 4.79 Å². The fraction of sp³-hybridized carbons (Fsp3) is 0.312. The molecule has 7 heteroatoms. The van der Waals surface area contributed by atoms with Crippen LogP contribution in [0.15, 0.2) is 27.8 Å². The summed E-state index contributed by atoms with van der Waals surface area (Å²) in [5.74, 6) is -0.0815. The third-order valence-electron chi connectivity index (χ3n) is 3.39.